The normalized spacial score (nSPS) is 0. The Labute approximate surface area is 309 Å². The predicted molar refractivity (Wildman–Crippen MR) is 201 cm³/mol. The highest BCUT2D eigenvalue weighted by molar-refractivity contribution is 5.76. The van der Waals surface area contributed by atoms with Gasteiger partial charge < -0.3 is 274 Å². The van der Waals surface area contributed by atoms with Gasteiger partial charge in [-0.2, -0.15) is 0 Å². The van der Waals surface area contributed by atoms with E-state index < -0.39 is 0 Å². The third-order valence-corrected chi connectivity index (χ3v) is 0. The van der Waals surface area contributed by atoms with Crippen LogP contribution in [0.4, 0.5) is 0 Å². The average molecular weight is 961 g/mol. The zero-order chi connectivity index (χ0) is 0. The number of hydrogen-bond acceptors (Lipinski definition) is 0. The van der Waals surface area contributed by atoms with Crippen LogP contribution in [0.1, 0.15) is 0 Å². The Balaban J connectivity index is 0. The van der Waals surface area contributed by atoms with Gasteiger partial charge in [0.1, 0.15) is 0 Å². The monoisotopic (exact) mass is 961 g/mol. The van der Waals surface area contributed by atoms with E-state index in [1.165, 1.54) is 0 Å². The molecule has 0 atom stereocenters. The van der Waals surface area contributed by atoms with E-state index in [1.807, 2.05) is 0 Å². The average Bonchev–Trinajstić information content (AvgIpc) is 0. The van der Waals surface area contributed by atoms with Gasteiger partial charge in [-0.05, 0) is 0 Å². The number of rotatable bonds is 0. The molecular weight excluding hydrogens is 854 g/mol. The largest absolute Gasteiger partial charge is 0.412 e. The summed E-state index contributed by atoms with van der Waals surface area (Å²) in [5.41, 5.74) is 0. The minimum absolute atomic E-state index is 0. The molecule has 0 aliphatic heterocycles. The zero-order valence-corrected chi connectivity index (χ0v) is 25.0. The summed E-state index contributed by atoms with van der Waals surface area (Å²) >= 11 is 0. The Kier molecular flexibility index (Phi) is 388000000. The first kappa shape index (κ1) is 146000. The van der Waals surface area contributed by atoms with E-state index in [0.717, 1.165) is 0 Å². The zero-order valence-electron chi connectivity index (χ0n) is 25.0. The summed E-state index contributed by atoms with van der Waals surface area (Å²) < 4.78 is 0. The van der Waals surface area contributed by atoms with Crippen molar-refractivity contribution in [3.8, 4) is 0 Å². The van der Waals surface area contributed by atoms with Crippen molar-refractivity contribution in [1.29, 1.82) is 0 Å². The van der Waals surface area contributed by atoms with E-state index in [2.05, 4.69) is 0 Å². The van der Waals surface area contributed by atoms with E-state index in [-0.39, 0.29) is 309 Å². The highest BCUT2D eigenvalue weighted by Crippen LogP contribution is -0.240. The van der Waals surface area contributed by atoms with Crippen LogP contribution in [0.15, 0.2) is 0 Å². The summed E-state index contributed by atoms with van der Waals surface area (Å²) in [6.07, 6.45) is 0. The van der Waals surface area contributed by atoms with Crippen molar-refractivity contribution in [2.45, 2.75) is 0 Å². The van der Waals surface area contributed by atoms with E-state index in [1.54, 1.807) is 0 Å². The molecule has 52 heteroatoms. The molecule has 100 N–H and O–H groups in total. The van der Waals surface area contributed by atoms with Crippen molar-refractivity contribution < 1.29 is 274 Å². The van der Waals surface area contributed by atoms with E-state index in [4.69, 9.17) is 0 Å². The molecule has 0 unspecified atom stereocenters. The highest BCUT2D eigenvalue weighted by atomic mass is 27.0. The van der Waals surface area contributed by atoms with Crippen molar-refractivity contribution in [3.63, 3.8) is 0 Å². The first-order valence-electron chi connectivity index (χ1n) is 0. The van der Waals surface area contributed by atoms with Crippen LogP contribution in [0, 0.1) is 0 Å². The summed E-state index contributed by atoms with van der Waals surface area (Å²) in [6, 6.07) is 0. The van der Waals surface area contributed by atoms with Crippen LogP contribution in [0.2, 0.25) is 0 Å². The molecule has 0 rings (SSSR count). The molecule has 0 saturated carbocycles. The van der Waals surface area contributed by atoms with Crippen LogP contribution in [0.5, 0.6) is 0 Å². The van der Waals surface area contributed by atoms with Crippen molar-refractivity contribution in [1.82, 2.24) is 0 Å². The van der Waals surface area contributed by atoms with Crippen molar-refractivity contribution in [2.24, 2.45) is 0 Å². The molecule has 0 bridgehead atoms. The molecule has 50 nitrogen and oxygen atoms in total. The molecule has 0 radical (unpaired) electrons. The first-order valence-corrected chi connectivity index (χ1v) is 0. The lowest BCUT2D eigenvalue weighted by Crippen LogP contribution is -0.382. The fourth-order valence-corrected chi connectivity index (χ4v) is 0. The Bertz CT molecular complexity index is 12.2. The second-order valence-corrected chi connectivity index (χ2v) is 0. The Morgan fingerprint density at radius 2 is 0.0385 bits per heavy atom. The summed E-state index contributed by atoms with van der Waals surface area (Å²) in [6.45, 7) is 0. The lowest BCUT2D eigenvalue weighted by atomic mass is 16.0. The van der Waals surface area contributed by atoms with E-state index >= 15 is 0 Å². The Morgan fingerprint density at radius 3 is 0.0385 bits per heavy atom. The molecule has 0 amide bonds. The summed E-state index contributed by atoms with van der Waals surface area (Å²) in [5.74, 6) is 0. The lowest BCUT2D eigenvalue weighted by Gasteiger charge is -0.413. The third-order valence-electron chi connectivity index (χ3n) is 0. The smallest absolute Gasteiger partial charge is 0.187 e. The minimum atomic E-state index is 0. The van der Waals surface area contributed by atoms with Crippen LogP contribution in [-0.4, -0.2) is 309 Å². The highest BCUT2D eigenvalue weighted by Gasteiger charge is 0.188. The fourth-order valence-electron chi connectivity index (χ4n) is 0. The molecule has 0 aromatic rings. The molecule has 0 aliphatic carbocycles. The van der Waals surface area contributed by atoms with Gasteiger partial charge >= 0.3 is 0 Å². The SMILES string of the molecule is O.O.O.O.O.O.O.O.O.O.O.O.O.O.O.O.O.O.O.O.O.O.O.O.O.O.O.O.O.O.O.O.O.O.O.O.O.O.O.O.O.O.O.O.O.O.O.O.O.O.[AlH3].[AlH3]. The molecule has 0 saturated heterocycles. The van der Waals surface area contributed by atoms with Gasteiger partial charge in [0.15, 0.2) is 34.7 Å². The predicted octanol–water partition coefficient (Wildman–Crippen LogP) is -43.6. The maximum Gasteiger partial charge on any atom is 0.187 e. The van der Waals surface area contributed by atoms with Gasteiger partial charge in [-0.25, -0.2) is 0 Å². The molecule has 0 aromatic heterocycles. The van der Waals surface area contributed by atoms with E-state index in [9.17, 15) is 0 Å². The van der Waals surface area contributed by atoms with Gasteiger partial charge in [0.2, 0.25) is 0 Å². The van der Waals surface area contributed by atoms with Gasteiger partial charge in [-0.15, -0.1) is 0 Å². The number of hydrogen-bond donors (Lipinski definition) is 0. The molecule has 52 heavy (non-hydrogen) atoms. The molecular formula is H106Al2O50. The van der Waals surface area contributed by atoms with Gasteiger partial charge in [-0.3, -0.25) is 0 Å². The molecule has 412 valence electrons. The Morgan fingerprint density at radius 1 is 0.0385 bits per heavy atom. The van der Waals surface area contributed by atoms with Gasteiger partial charge in [0, 0.05) is 0 Å². The van der Waals surface area contributed by atoms with Gasteiger partial charge in [0.05, 0.1) is 0 Å². The maximum atomic E-state index is 0. The quantitative estimate of drug-likeness (QED) is 0.204. The van der Waals surface area contributed by atoms with Crippen molar-refractivity contribution >= 4 is 34.7 Å². The fraction of sp³-hybridized carbons (Fsp3) is 0. The topological polar surface area (TPSA) is 1580 Å². The second kappa shape index (κ2) is 138000. The van der Waals surface area contributed by atoms with Crippen LogP contribution in [0.25, 0.3) is 0 Å². The van der Waals surface area contributed by atoms with Crippen LogP contribution >= 0.6 is 0 Å². The van der Waals surface area contributed by atoms with Crippen LogP contribution in [-0.2, 0) is 0 Å². The van der Waals surface area contributed by atoms with Crippen LogP contribution in [0.3, 0.4) is 0 Å². The second-order valence-electron chi connectivity index (χ2n) is 0. The molecule has 0 heterocycles. The lowest BCUT2D eigenvalue weighted by molar-refractivity contribution is 0.823. The van der Waals surface area contributed by atoms with E-state index in [0.29, 0.717) is 0 Å². The summed E-state index contributed by atoms with van der Waals surface area (Å²) in [4.78, 5) is 0. The van der Waals surface area contributed by atoms with Crippen molar-refractivity contribution in [3.05, 3.63) is 0 Å². The molecule has 0 aromatic carbocycles. The third kappa shape index (κ3) is 130000. The summed E-state index contributed by atoms with van der Waals surface area (Å²) in [5, 5.41) is 0. The minimum Gasteiger partial charge on any atom is -0.412 e. The maximum absolute atomic E-state index is 0. The Hall–Kier alpha value is -0.935. The van der Waals surface area contributed by atoms with Gasteiger partial charge in [0.25, 0.3) is 0 Å². The first-order chi connectivity index (χ1) is 0. The van der Waals surface area contributed by atoms with Gasteiger partial charge in [-0.1, -0.05) is 0 Å². The van der Waals surface area contributed by atoms with Crippen LogP contribution < -0.4 is 0 Å². The molecule has 0 aliphatic rings. The summed E-state index contributed by atoms with van der Waals surface area (Å²) in [7, 11) is 0. The molecule has 0 fully saturated rings. The van der Waals surface area contributed by atoms with Crippen molar-refractivity contribution in [2.75, 3.05) is 0 Å². The molecule has 0 spiro atoms. The standard InChI is InChI=1S/2Al.50H2O.6H/h;;50*1H2;;;;;;.